The quantitative estimate of drug-likeness (QED) is 0.0203. The van der Waals surface area contributed by atoms with Crippen LogP contribution in [0.3, 0.4) is 0 Å². The van der Waals surface area contributed by atoms with Gasteiger partial charge >= 0.3 is 19.8 Å². The van der Waals surface area contributed by atoms with E-state index in [4.69, 9.17) is 29.0 Å². The van der Waals surface area contributed by atoms with Crippen LogP contribution in [0.2, 0.25) is 0 Å². The van der Waals surface area contributed by atoms with E-state index in [2.05, 4.69) is 50.3 Å². The molecule has 0 aliphatic carbocycles. The number of ether oxygens (including phenoxy) is 3. The third kappa shape index (κ3) is 32.4. The first kappa shape index (κ1) is 50.2. The molecule has 1 rings (SSSR count). The topological polar surface area (TPSA) is 147 Å². The van der Waals surface area contributed by atoms with Gasteiger partial charge in [-0.05, 0) is 70.6 Å². The molecule has 3 N–H and O–H groups in total. The summed E-state index contributed by atoms with van der Waals surface area (Å²) in [6.45, 7) is 3.64. The van der Waals surface area contributed by atoms with Crippen LogP contribution in [0.5, 0.6) is 0 Å². The SMILES string of the molecule is CCCCC/C=C\C/C=C\CCCCCCCCCC(=O)OC[C@H](COP(=O)(O)OCCN)OC(=O)CCCCCCCC1OC1C/C=C\CCCCC. The Morgan fingerprint density at radius 1 is 0.667 bits per heavy atom. The van der Waals surface area contributed by atoms with Crippen molar-refractivity contribution in [1.82, 2.24) is 0 Å². The van der Waals surface area contributed by atoms with Gasteiger partial charge in [0.05, 0.1) is 25.4 Å². The second-order valence-corrected chi connectivity index (χ2v) is 16.0. The van der Waals surface area contributed by atoms with Crippen LogP contribution >= 0.6 is 7.82 Å². The van der Waals surface area contributed by atoms with Crippen molar-refractivity contribution in [3.63, 3.8) is 0 Å². The molecule has 0 bridgehead atoms. The van der Waals surface area contributed by atoms with Gasteiger partial charge in [-0.15, -0.1) is 0 Å². The number of epoxide rings is 1. The van der Waals surface area contributed by atoms with Crippen molar-refractivity contribution in [2.75, 3.05) is 26.4 Å². The number of hydrogen-bond donors (Lipinski definition) is 2. The average Bonchev–Trinajstić information content (AvgIpc) is 3.91. The standard InChI is InChI=1S/C43H78NO9P/c1-3-5-7-9-11-12-13-14-15-16-17-18-19-20-21-25-29-33-42(45)49-37-39(38-51-54(47,48)50-36-35-44)52-43(46)34-30-26-22-24-28-32-41-40(53-41)31-27-23-10-8-6-4-2/h11-12,14-15,23,27,39-41H,3-10,13,16-22,24-26,28-38,44H2,1-2H3,(H,47,48)/b12-11-,15-14-,27-23-/t39-,40?,41?/m1/s1. The zero-order valence-electron chi connectivity index (χ0n) is 34.1. The van der Waals surface area contributed by atoms with Crippen LogP contribution < -0.4 is 5.73 Å². The lowest BCUT2D eigenvalue weighted by Gasteiger charge is -2.19. The normalized spacial score (nSPS) is 17.4. The number of phosphoric ester groups is 1. The molecule has 0 saturated carbocycles. The highest BCUT2D eigenvalue weighted by atomic mass is 31.2. The summed E-state index contributed by atoms with van der Waals surface area (Å²) >= 11 is 0. The molecule has 1 aliphatic heterocycles. The second kappa shape index (κ2) is 35.6. The zero-order valence-corrected chi connectivity index (χ0v) is 35.0. The van der Waals surface area contributed by atoms with E-state index in [0.29, 0.717) is 18.6 Å². The molecule has 0 spiro atoms. The summed E-state index contributed by atoms with van der Waals surface area (Å²) < 4.78 is 38.6. The van der Waals surface area contributed by atoms with Crippen molar-refractivity contribution in [1.29, 1.82) is 0 Å². The minimum Gasteiger partial charge on any atom is -0.462 e. The van der Waals surface area contributed by atoms with Crippen LogP contribution in [-0.4, -0.2) is 61.5 Å². The number of phosphoric acid groups is 1. The molecule has 0 amide bonds. The summed E-state index contributed by atoms with van der Waals surface area (Å²) in [5.74, 6) is -0.861. The van der Waals surface area contributed by atoms with Gasteiger partial charge in [-0.3, -0.25) is 18.6 Å². The largest absolute Gasteiger partial charge is 0.472 e. The molecule has 314 valence electrons. The van der Waals surface area contributed by atoms with Gasteiger partial charge in [-0.2, -0.15) is 0 Å². The number of unbranched alkanes of at least 4 members (excludes halogenated alkanes) is 17. The number of nitrogens with two attached hydrogens (primary N) is 1. The van der Waals surface area contributed by atoms with Gasteiger partial charge in [0.15, 0.2) is 6.10 Å². The van der Waals surface area contributed by atoms with Crippen LogP contribution in [0.1, 0.15) is 181 Å². The maximum atomic E-state index is 12.6. The highest BCUT2D eigenvalue weighted by molar-refractivity contribution is 7.47. The molecule has 0 aromatic rings. The fourth-order valence-corrected chi connectivity index (χ4v) is 6.85. The van der Waals surface area contributed by atoms with Crippen molar-refractivity contribution < 1.29 is 42.3 Å². The van der Waals surface area contributed by atoms with Crippen LogP contribution in [0.15, 0.2) is 36.5 Å². The Balaban J connectivity index is 2.19. The van der Waals surface area contributed by atoms with Crippen molar-refractivity contribution in [3.8, 4) is 0 Å². The third-order valence-corrected chi connectivity index (χ3v) is 10.4. The van der Waals surface area contributed by atoms with E-state index in [0.717, 1.165) is 83.5 Å². The Morgan fingerprint density at radius 2 is 1.20 bits per heavy atom. The molecular weight excluding hydrogens is 705 g/mol. The smallest absolute Gasteiger partial charge is 0.462 e. The summed E-state index contributed by atoms with van der Waals surface area (Å²) in [5, 5.41) is 0. The lowest BCUT2D eigenvalue weighted by atomic mass is 10.1. The van der Waals surface area contributed by atoms with E-state index < -0.39 is 32.5 Å². The lowest BCUT2D eigenvalue weighted by Crippen LogP contribution is -2.29. The molecule has 1 fully saturated rings. The number of rotatable bonds is 39. The van der Waals surface area contributed by atoms with Crippen LogP contribution in [0.25, 0.3) is 0 Å². The van der Waals surface area contributed by atoms with Gasteiger partial charge in [-0.1, -0.05) is 134 Å². The highest BCUT2D eigenvalue weighted by Gasteiger charge is 2.36. The lowest BCUT2D eigenvalue weighted by molar-refractivity contribution is -0.161. The number of allylic oxidation sites excluding steroid dienone is 5. The van der Waals surface area contributed by atoms with Gasteiger partial charge in [-0.25, -0.2) is 4.57 Å². The summed E-state index contributed by atoms with van der Waals surface area (Å²) in [7, 11) is -4.39. The maximum Gasteiger partial charge on any atom is 0.472 e. The molecule has 10 nitrogen and oxygen atoms in total. The molecule has 4 atom stereocenters. The van der Waals surface area contributed by atoms with E-state index >= 15 is 0 Å². The molecular formula is C43H78NO9P. The van der Waals surface area contributed by atoms with E-state index in [1.807, 2.05) is 0 Å². The predicted molar refractivity (Wildman–Crippen MR) is 219 cm³/mol. The second-order valence-electron chi connectivity index (χ2n) is 14.6. The Morgan fingerprint density at radius 3 is 1.81 bits per heavy atom. The van der Waals surface area contributed by atoms with Crippen LogP contribution in [-0.2, 0) is 37.4 Å². The molecule has 1 saturated heterocycles. The molecule has 11 heteroatoms. The molecule has 54 heavy (non-hydrogen) atoms. The summed E-state index contributed by atoms with van der Waals surface area (Å²) in [5.41, 5.74) is 5.35. The molecule has 1 aliphatic rings. The monoisotopic (exact) mass is 784 g/mol. The molecule has 3 unspecified atom stereocenters. The number of carbonyl (C=O) groups is 2. The first-order chi connectivity index (χ1) is 26.3. The fraction of sp³-hybridized carbons (Fsp3) is 0.814. The number of esters is 2. The van der Waals surface area contributed by atoms with E-state index in [9.17, 15) is 19.0 Å². The summed E-state index contributed by atoms with van der Waals surface area (Å²) in [6.07, 6.45) is 40.4. The first-order valence-corrected chi connectivity index (χ1v) is 23.1. The van der Waals surface area contributed by atoms with Crippen molar-refractivity contribution in [3.05, 3.63) is 36.5 Å². The van der Waals surface area contributed by atoms with Gasteiger partial charge in [0.2, 0.25) is 0 Å². The van der Waals surface area contributed by atoms with E-state index in [1.165, 1.54) is 64.2 Å². The Bertz CT molecular complexity index is 1050. The number of carbonyl (C=O) groups excluding carboxylic acids is 2. The minimum atomic E-state index is -4.39. The third-order valence-electron chi connectivity index (χ3n) is 9.42. The maximum absolute atomic E-state index is 12.6. The molecule has 0 radical (unpaired) electrons. The van der Waals surface area contributed by atoms with E-state index in [1.54, 1.807) is 0 Å². The summed E-state index contributed by atoms with van der Waals surface area (Å²) in [6, 6.07) is 0. The zero-order chi connectivity index (χ0) is 39.4. The first-order valence-electron chi connectivity index (χ1n) is 21.6. The minimum absolute atomic E-state index is 0.0465. The molecule has 0 aromatic heterocycles. The highest BCUT2D eigenvalue weighted by Crippen LogP contribution is 2.43. The molecule has 0 aromatic carbocycles. The van der Waals surface area contributed by atoms with Crippen molar-refractivity contribution >= 4 is 19.8 Å². The average molecular weight is 784 g/mol. The van der Waals surface area contributed by atoms with Gasteiger partial charge < -0.3 is 24.8 Å². The Hall–Kier alpha value is -1.81. The van der Waals surface area contributed by atoms with Crippen LogP contribution in [0.4, 0.5) is 0 Å². The van der Waals surface area contributed by atoms with Crippen molar-refractivity contribution in [2.45, 2.75) is 199 Å². The Kier molecular flexibility index (Phi) is 33.1. The predicted octanol–water partition coefficient (Wildman–Crippen LogP) is 11.2. The van der Waals surface area contributed by atoms with Gasteiger partial charge in [0.25, 0.3) is 0 Å². The number of hydrogen-bond acceptors (Lipinski definition) is 9. The van der Waals surface area contributed by atoms with Gasteiger partial charge in [0.1, 0.15) is 6.61 Å². The van der Waals surface area contributed by atoms with Gasteiger partial charge in [0, 0.05) is 19.4 Å². The fourth-order valence-electron chi connectivity index (χ4n) is 6.08. The van der Waals surface area contributed by atoms with E-state index in [-0.39, 0.29) is 32.6 Å². The molecule has 1 heterocycles. The van der Waals surface area contributed by atoms with Crippen LogP contribution in [0, 0.1) is 0 Å². The summed E-state index contributed by atoms with van der Waals surface area (Å²) in [4.78, 5) is 34.9. The Labute approximate surface area is 329 Å². The van der Waals surface area contributed by atoms with Crippen molar-refractivity contribution in [2.24, 2.45) is 5.73 Å².